The molecule has 0 aromatic heterocycles. The van der Waals surface area contributed by atoms with Crippen molar-refractivity contribution in [3.63, 3.8) is 0 Å². The highest BCUT2D eigenvalue weighted by atomic mass is 79.9. The maximum absolute atomic E-state index is 8.27. The molecule has 21 heavy (non-hydrogen) atoms. The Morgan fingerprint density at radius 3 is 1.43 bits per heavy atom. The zero-order valence-electron chi connectivity index (χ0n) is 12.2. The minimum absolute atomic E-state index is 0.0278. The number of hydrogen-bond donors (Lipinski definition) is 3. The second-order valence-electron chi connectivity index (χ2n) is 2.99. The molecule has 0 saturated heterocycles. The number of aliphatic hydroxyl groups excluding tert-OH is 3. The van der Waals surface area contributed by atoms with E-state index in [1.165, 1.54) is 0 Å². The maximum atomic E-state index is 8.27. The van der Waals surface area contributed by atoms with E-state index in [0.717, 1.165) is 0 Å². The van der Waals surface area contributed by atoms with Gasteiger partial charge in [-0.05, 0) is 0 Å². The Bertz CT molecular complexity index is 233. The molecule has 0 bridgehead atoms. The first-order valence-electron chi connectivity index (χ1n) is 6.23. The first kappa shape index (κ1) is 25.3. The van der Waals surface area contributed by atoms with E-state index in [0.29, 0.717) is 45.0 Å². The molecule has 3 N–H and O–H groups in total. The summed E-state index contributed by atoms with van der Waals surface area (Å²) in [5.74, 6) is 4.68. The van der Waals surface area contributed by atoms with Crippen molar-refractivity contribution >= 4 is 15.9 Å². The van der Waals surface area contributed by atoms with Crippen LogP contribution < -0.4 is 0 Å². The van der Waals surface area contributed by atoms with Crippen LogP contribution in [0.25, 0.3) is 0 Å². The molecule has 0 aliphatic heterocycles. The molecule has 0 aromatic carbocycles. The number of halogens is 1. The van der Waals surface area contributed by atoms with Gasteiger partial charge in [-0.15, -0.1) is 12.8 Å². The van der Waals surface area contributed by atoms with Gasteiger partial charge in [0.2, 0.25) is 0 Å². The summed E-state index contributed by atoms with van der Waals surface area (Å²) in [6.07, 6.45) is 9.64. The lowest BCUT2D eigenvalue weighted by molar-refractivity contribution is 0.0424. The van der Waals surface area contributed by atoms with Gasteiger partial charge in [-0.2, -0.15) is 0 Å². The van der Waals surface area contributed by atoms with Gasteiger partial charge in [0, 0.05) is 0 Å². The van der Waals surface area contributed by atoms with Crippen LogP contribution in [-0.4, -0.2) is 80.1 Å². The summed E-state index contributed by atoms with van der Waals surface area (Å²) in [7, 11) is 0. The summed E-state index contributed by atoms with van der Waals surface area (Å²) in [5, 5.41) is 25.1. The second-order valence-corrected chi connectivity index (χ2v) is 3.55. The lowest BCUT2D eigenvalue weighted by Crippen LogP contribution is -2.07. The third-order valence-corrected chi connectivity index (χ3v) is 1.67. The Hall–Kier alpha value is -0.640. The van der Waals surface area contributed by atoms with E-state index in [4.69, 9.17) is 37.6 Å². The first-order valence-corrected chi connectivity index (χ1v) is 7.35. The first-order chi connectivity index (χ1) is 10.2. The van der Waals surface area contributed by atoms with Crippen LogP contribution in [0.2, 0.25) is 0 Å². The third-order valence-electron chi connectivity index (χ3n) is 1.34. The predicted octanol–water partition coefficient (Wildman–Crippen LogP) is -0.353. The van der Waals surface area contributed by atoms with Crippen LogP contribution >= 0.6 is 15.9 Å². The third kappa shape index (κ3) is 45.2. The molecule has 7 heteroatoms. The molecule has 0 aromatic rings. The SMILES string of the molecule is C#CCBr.C#CCOCCOCCO.OCCOCCO. The molecular formula is C14H25BrO6. The van der Waals surface area contributed by atoms with Gasteiger partial charge in [-0.3, -0.25) is 0 Å². The summed E-state index contributed by atoms with van der Waals surface area (Å²) in [5.41, 5.74) is 0. The van der Waals surface area contributed by atoms with Gasteiger partial charge in [0.1, 0.15) is 6.61 Å². The van der Waals surface area contributed by atoms with Crippen LogP contribution in [0.15, 0.2) is 0 Å². The lowest BCUT2D eigenvalue weighted by Gasteiger charge is -2.00. The monoisotopic (exact) mass is 368 g/mol. The average molecular weight is 369 g/mol. The van der Waals surface area contributed by atoms with Crippen LogP contribution in [0, 0.1) is 24.7 Å². The van der Waals surface area contributed by atoms with E-state index in [9.17, 15) is 0 Å². The van der Waals surface area contributed by atoms with Crippen molar-refractivity contribution in [3.8, 4) is 24.7 Å². The maximum Gasteiger partial charge on any atom is 0.107 e. The minimum Gasteiger partial charge on any atom is -0.394 e. The molecule has 124 valence electrons. The molecule has 0 amide bonds. The average Bonchev–Trinajstić information content (AvgIpc) is 2.52. The number of rotatable bonds is 10. The van der Waals surface area contributed by atoms with Crippen LogP contribution in [-0.2, 0) is 14.2 Å². The van der Waals surface area contributed by atoms with Gasteiger partial charge in [-0.25, -0.2) is 0 Å². The van der Waals surface area contributed by atoms with Crippen molar-refractivity contribution < 1.29 is 29.5 Å². The van der Waals surface area contributed by atoms with Crippen LogP contribution in [0.5, 0.6) is 0 Å². The summed E-state index contributed by atoms with van der Waals surface area (Å²) >= 11 is 3.01. The molecule has 6 nitrogen and oxygen atoms in total. The number of aliphatic hydroxyl groups is 3. The summed E-state index contributed by atoms with van der Waals surface area (Å²) in [4.78, 5) is 0. The quantitative estimate of drug-likeness (QED) is 0.277. The Labute approximate surface area is 135 Å². The van der Waals surface area contributed by atoms with Gasteiger partial charge in [0.25, 0.3) is 0 Å². The Kier molecular flexibility index (Phi) is 38.2. The second kappa shape index (κ2) is 31.6. The highest BCUT2D eigenvalue weighted by Crippen LogP contribution is 1.76. The Morgan fingerprint density at radius 1 is 0.714 bits per heavy atom. The van der Waals surface area contributed by atoms with Crippen molar-refractivity contribution in [2.24, 2.45) is 0 Å². The van der Waals surface area contributed by atoms with E-state index in [1.54, 1.807) is 0 Å². The zero-order chi connectivity index (χ0) is 16.6. The molecular weight excluding hydrogens is 344 g/mol. The molecule has 0 atom stereocenters. The fraction of sp³-hybridized carbons (Fsp3) is 0.714. The fourth-order valence-corrected chi connectivity index (χ4v) is 0.647. The molecule has 0 aliphatic carbocycles. The predicted molar refractivity (Wildman–Crippen MR) is 85.2 cm³/mol. The standard InChI is InChI=1S/C7H12O3.C4H10O3.C3H3Br/c1-2-4-9-6-7-10-5-3-8;5-1-3-7-4-2-6;1-2-3-4/h1,8H,3-7H2;5-6H,1-4H2;1H,3H2. The molecule has 0 unspecified atom stereocenters. The Morgan fingerprint density at radius 2 is 1.10 bits per heavy atom. The molecule has 0 spiro atoms. The largest absolute Gasteiger partial charge is 0.394 e. The summed E-state index contributed by atoms with van der Waals surface area (Å²) in [6.45, 7) is 2.41. The van der Waals surface area contributed by atoms with E-state index in [1.807, 2.05) is 0 Å². The molecule has 0 rings (SSSR count). The summed E-state index contributed by atoms with van der Waals surface area (Å²) in [6, 6.07) is 0. The van der Waals surface area contributed by atoms with Gasteiger partial charge >= 0.3 is 0 Å². The topological polar surface area (TPSA) is 88.4 Å². The van der Waals surface area contributed by atoms with Crippen LogP contribution in [0.1, 0.15) is 0 Å². The van der Waals surface area contributed by atoms with Crippen LogP contribution in [0.3, 0.4) is 0 Å². The van der Waals surface area contributed by atoms with E-state index >= 15 is 0 Å². The Balaban J connectivity index is -0.000000256. The number of alkyl halides is 1. The number of terminal acetylenes is 2. The van der Waals surface area contributed by atoms with Gasteiger partial charge in [0.05, 0.1) is 58.2 Å². The highest BCUT2D eigenvalue weighted by Gasteiger charge is 1.85. The zero-order valence-corrected chi connectivity index (χ0v) is 13.8. The lowest BCUT2D eigenvalue weighted by atomic mass is 10.7. The van der Waals surface area contributed by atoms with E-state index in [2.05, 4.69) is 32.5 Å². The molecule has 0 fully saturated rings. The molecule has 0 saturated carbocycles. The van der Waals surface area contributed by atoms with Crippen LogP contribution in [0.4, 0.5) is 0 Å². The normalized spacial score (nSPS) is 8.48. The highest BCUT2D eigenvalue weighted by molar-refractivity contribution is 9.09. The van der Waals surface area contributed by atoms with E-state index in [-0.39, 0.29) is 19.8 Å². The van der Waals surface area contributed by atoms with Crippen molar-refractivity contribution in [2.75, 3.05) is 64.8 Å². The number of ether oxygens (including phenoxy) is 3. The van der Waals surface area contributed by atoms with Crippen molar-refractivity contribution in [3.05, 3.63) is 0 Å². The summed E-state index contributed by atoms with van der Waals surface area (Å²) < 4.78 is 14.4. The van der Waals surface area contributed by atoms with Gasteiger partial charge < -0.3 is 29.5 Å². The van der Waals surface area contributed by atoms with Crippen molar-refractivity contribution in [1.29, 1.82) is 0 Å². The fourth-order valence-electron chi connectivity index (χ4n) is 0.647. The minimum atomic E-state index is 0.0278. The van der Waals surface area contributed by atoms with E-state index < -0.39 is 0 Å². The molecule has 0 radical (unpaired) electrons. The number of hydrogen-bond acceptors (Lipinski definition) is 6. The molecule has 0 aliphatic rings. The van der Waals surface area contributed by atoms with Gasteiger partial charge in [0.15, 0.2) is 0 Å². The van der Waals surface area contributed by atoms with Crippen molar-refractivity contribution in [2.45, 2.75) is 0 Å². The molecule has 0 heterocycles. The smallest absolute Gasteiger partial charge is 0.107 e. The van der Waals surface area contributed by atoms with Gasteiger partial charge in [-0.1, -0.05) is 27.8 Å². The van der Waals surface area contributed by atoms with Crippen molar-refractivity contribution in [1.82, 2.24) is 0 Å².